The maximum Gasteiger partial charge on any atom is 0.344 e. The second-order valence-corrected chi connectivity index (χ2v) is 6.35. The number of benzene rings is 1. The summed E-state index contributed by atoms with van der Waals surface area (Å²) in [6.45, 7) is 2.04. The lowest BCUT2D eigenvalue weighted by molar-refractivity contribution is -0.139. The monoisotopic (exact) mass is 356 g/mol. The summed E-state index contributed by atoms with van der Waals surface area (Å²) >= 11 is 0. The Morgan fingerprint density at radius 3 is 2.62 bits per heavy atom. The molecule has 26 heavy (non-hydrogen) atoms. The van der Waals surface area contributed by atoms with E-state index < -0.39 is 23.4 Å². The van der Waals surface area contributed by atoms with E-state index in [-0.39, 0.29) is 6.54 Å². The van der Waals surface area contributed by atoms with E-state index in [9.17, 15) is 14.4 Å². The van der Waals surface area contributed by atoms with Gasteiger partial charge in [0.2, 0.25) is 0 Å². The van der Waals surface area contributed by atoms with Crippen molar-refractivity contribution in [2.75, 3.05) is 13.6 Å². The van der Waals surface area contributed by atoms with Crippen LogP contribution in [0.15, 0.2) is 53.1 Å². The number of hydrogen-bond acceptors (Lipinski definition) is 5. The van der Waals surface area contributed by atoms with Crippen LogP contribution in [0.5, 0.6) is 0 Å². The molecule has 2 N–H and O–H groups in total. The summed E-state index contributed by atoms with van der Waals surface area (Å²) < 4.78 is 5.23. The first-order chi connectivity index (χ1) is 12.4. The molecule has 3 rings (SSSR count). The molecule has 8 nitrogen and oxygen atoms in total. The zero-order valence-electron chi connectivity index (χ0n) is 14.6. The topological polar surface area (TPSA) is 94.9 Å². The molecular weight excluding hydrogens is 336 g/mol. The number of amides is 4. The van der Waals surface area contributed by atoms with Crippen LogP contribution in [0.4, 0.5) is 4.79 Å². The molecule has 0 unspecified atom stereocenters. The van der Waals surface area contributed by atoms with E-state index in [4.69, 9.17) is 4.42 Å². The second kappa shape index (κ2) is 7.01. The Morgan fingerprint density at radius 1 is 1.23 bits per heavy atom. The number of furan rings is 1. The van der Waals surface area contributed by atoms with Crippen LogP contribution in [-0.4, -0.2) is 41.3 Å². The van der Waals surface area contributed by atoms with Crippen molar-refractivity contribution in [2.45, 2.75) is 19.0 Å². The summed E-state index contributed by atoms with van der Waals surface area (Å²) in [5.74, 6) is -0.289. The molecule has 1 aliphatic rings. The molecule has 1 saturated heterocycles. The molecule has 1 fully saturated rings. The molecule has 1 aromatic carbocycles. The van der Waals surface area contributed by atoms with Crippen LogP contribution in [0, 0.1) is 0 Å². The SMILES string of the molecule is CN(CC(=O)NN1C(=O)N[C@](C)(c2ccccc2)C1=O)Cc1ccco1. The normalized spacial score (nSPS) is 19.7. The Hall–Kier alpha value is -3.13. The fraction of sp³-hybridized carbons (Fsp3) is 0.278. The van der Waals surface area contributed by atoms with Crippen molar-refractivity contribution in [2.24, 2.45) is 0 Å². The standard InChI is InChI=1S/C18H20N4O4/c1-18(13-7-4-3-5-8-13)16(24)22(17(25)19-18)20-15(23)12-21(2)11-14-9-6-10-26-14/h3-10H,11-12H2,1-2H3,(H,19,25)(H,20,23)/t18-/m1/s1. The Balaban J connectivity index is 1.63. The lowest BCUT2D eigenvalue weighted by Crippen LogP contribution is -2.50. The maximum absolute atomic E-state index is 12.7. The van der Waals surface area contributed by atoms with Crippen LogP contribution < -0.4 is 10.7 Å². The molecule has 136 valence electrons. The van der Waals surface area contributed by atoms with E-state index in [1.165, 1.54) is 0 Å². The summed E-state index contributed by atoms with van der Waals surface area (Å²) in [6.07, 6.45) is 1.56. The smallest absolute Gasteiger partial charge is 0.344 e. The number of carbonyl (C=O) groups is 3. The van der Waals surface area contributed by atoms with Crippen molar-refractivity contribution in [1.29, 1.82) is 0 Å². The summed E-state index contributed by atoms with van der Waals surface area (Å²) in [7, 11) is 1.74. The first kappa shape index (κ1) is 17.7. The van der Waals surface area contributed by atoms with Gasteiger partial charge in [-0.2, -0.15) is 5.01 Å². The van der Waals surface area contributed by atoms with E-state index in [1.807, 2.05) is 6.07 Å². The average Bonchev–Trinajstić information content (AvgIpc) is 3.18. The third kappa shape index (κ3) is 3.45. The number of hydrazine groups is 1. The fourth-order valence-electron chi connectivity index (χ4n) is 2.84. The third-order valence-corrected chi connectivity index (χ3v) is 4.20. The Morgan fingerprint density at radius 2 is 1.96 bits per heavy atom. The summed E-state index contributed by atoms with van der Waals surface area (Å²) in [5.41, 5.74) is 1.80. The van der Waals surface area contributed by atoms with Gasteiger partial charge in [0.15, 0.2) is 0 Å². The first-order valence-electron chi connectivity index (χ1n) is 8.13. The lowest BCUT2D eigenvalue weighted by atomic mass is 9.92. The predicted molar refractivity (Wildman–Crippen MR) is 92.4 cm³/mol. The van der Waals surface area contributed by atoms with Gasteiger partial charge in [0.1, 0.15) is 11.3 Å². The number of rotatable bonds is 6. The van der Waals surface area contributed by atoms with Gasteiger partial charge in [-0.15, -0.1) is 0 Å². The molecule has 0 aliphatic carbocycles. The Kier molecular flexibility index (Phi) is 4.77. The average molecular weight is 356 g/mol. The van der Waals surface area contributed by atoms with Gasteiger partial charge in [0, 0.05) is 0 Å². The number of hydrogen-bond donors (Lipinski definition) is 2. The Labute approximate surface area is 150 Å². The van der Waals surface area contributed by atoms with Crippen molar-refractivity contribution in [1.82, 2.24) is 20.7 Å². The number of nitrogens with zero attached hydrogens (tertiary/aromatic N) is 2. The fourth-order valence-corrected chi connectivity index (χ4v) is 2.84. The first-order valence-corrected chi connectivity index (χ1v) is 8.13. The highest BCUT2D eigenvalue weighted by Gasteiger charge is 2.49. The molecule has 0 spiro atoms. The molecule has 8 heteroatoms. The highest BCUT2D eigenvalue weighted by molar-refractivity contribution is 6.08. The number of likely N-dealkylation sites (N-methyl/N-ethyl adjacent to an activating group) is 1. The summed E-state index contributed by atoms with van der Waals surface area (Å²) in [4.78, 5) is 38.8. The van der Waals surface area contributed by atoms with E-state index in [0.717, 1.165) is 5.01 Å². The van der Waals surface area contributed by atoms with E-state index in [2.05, 4.69) is 10.7 Å². The number of nitrogens with one attached hydrogen (secondary N) is 2. The van der Waals surface area contributed by atoms with Crippen LogP contribution in [0.25, 0.3) is 0 Å². The molecule has 4 amide bonds. The van der Waals surface area contributed by atoms with Gasteiger partial charge < -0.3 is 9.73 Å². The predicted octanol–water partition coefficient (Wildman–Crippen LogP) is 1.21. The quantitative estimate of drug-likeness (QED) is 0.759. The van der Waals surface area contributed by atoms with Gasteiger partial charge in [-0.25, -0.2) is 4.79 Å². The van der Waals surface area contributed by atoms with Gasteiger partial charge in [0.05, 0.1) is 19.4 Å². The van der Waals surface area contributed by atoms with Gasteiger partial charge in [-0.05, 0) is 31.7 Å². The molecular formula is C18H20N4O4. The van der Waals surface area contributed by atoms with E-state index in [1.54, 1.807) is 61.5 Å². The van der Waals surface area contributed by atoms with Gasteiger partial charge in [-0.1, -0.05) is 30.3 Å². The molecule has 0 saturated carbocycles. The number of imide groups is 1. The largest absolute Gasteiger partial charge is 0.468 e. The highest BCUT2D eigenvalue weighted by atomic mass is 16.3. The van der Waals surface area contributed by atoms with Crippen LogP contribution in [0.1, 0.15) is 18.2 Å². The minimum atomic E-state index is -1.22. The molecule has 1 aliphatic heterocycles. The van der Waals surface area contributed by atoms with Crippen molar-refractivity contribution in [3.05, 3.63) is 60.1 Å². The van der Waals surface area contributed by atoms with Crippen LogP contribution >= 0.6 is 0 Å². The molecule has 1 aromatic heterocycles. The Bertz CT molecular complexity index is 806. The third-order valence-electron chi connectivity index (χ3n) is 4.20. The van der Waals surface area contributed by atoms with Gasteiger partial charge in [-0.3, -0.25) is 19.9 Å². The zero-order chi connectivity index (χ0) is 18.7. The van der Waals surface area contributed by atoms with Crippen LogP contribution in [0.3, 0.4) is 0 Å². The molecule has 2 aromatic rings. The minimum absolute atomic E-state index is 0.000187. The van der Waals surface area contributed by atoms with Crippen molar-refractivity contribution in [3.63, 3.8) is 0 Å². The maximum atomic E-state index is 12.7. The van der Waals surface area contributed by atoms with E-state index >= 15 is 0 Å². The van der Waals surface area contributed by atoms with Crippen LogP contribution in [0.2, 0.25) is 0 Å². The van der Waals surface area contributed by atoms with Crippen molar-refractivity contribution >= 4 is 17.8 Å². The van der Waals surface area contributed by atoms with Crippen molar-refractivity contribution < 1.29 is 18.8 Å². The number of carbonyl (C=O) groups excluding carboxylic acids is 3. The van der Waals surface area contributed by atoms with Gasteiger partial charge >= 0.3 is 6.03 Å². The van der Waals surface area contributed by atoms with Crippen molar-refractivity contribution in [3.8, 4) is 0 Å². The highest BCUT2D eigenvalue weighted by Crippen LogP contribution is 2.27. The van der Waals surface area contributed by atoms with Gasteiger partial charge in [0.25, 0.3) is 11.8 Å². The molecule has 1 atom stereocenters. The number of urea groups is 1. The van der Waals surface area contributed by atoms with Crippen LogP contribution in [-0.2, 0) is 21.7 Å². The summed E-state index contributed by atoms with van der Waals surface area (Å²) in [5, 5.41) is 3.37. The molecule has 2 heterocycles. The van der Waals surface area contributed by atoms with E-state index in [0.29, 0.717) is 17.9 Å². The molecule has 0 radical (unpaired) electrons. The zero-order valence-corrected chi connectivity index (χ0v) is 14.6. The summed E-state index contributed by atoms with van der Waals surface area (Å²) in [6, 6.07) is 11.8. The lowest BCUT2D eigenvalue weighted by Gasteiger charge is -2.22. The molecule has 0 bridgehead atoms. The second-order valence-electron chi connectivity index (χ2n) is 6.35. The minimum Gasteiger partial charge on any atom is -0.468 e.